The summed E-state index contributed by atoms with van der Waals surface area (Å²) in [5.41, 5.74) is 11.2. The van der Waals surface area contributed by atoms with Gasteiger partial charge in [0.2, 0.25) is 0 Å². The summed E-state index contributed by atoms with van der Waals surface area (Å²) in [7, 11) is 0. The first-order valence-electron chi connectivity index (χ1n) is 15.4. The zero-order chi connectivity index (χ0) is 30.8. The number of carbonyl (C=O) groups is 1. The Morgan fingerprint density at radius 3 is 1.93 bits per heavy atom. The van der Waals surface area contributed by atoms with Gasteiger partial charge in [-0.1, -0.05) is 110 Å². The zero-order valence-corrected chi connectivity index (χ0v) is 24.8. The standard InChI is InChI=1S/C41H32N2O2/c42-27-34(41(44)45)24-29-16-23-40-38(26-29)36-12-7-13-39(36)43(40)35-21-19-31(20-22-35)30-17-14-28(15-18-30)25-37(32-8-3-1-4-9-32)33-10-5-2-6-11-33/h1-6,8-11,14-26,36,39H,7,12-13H2,(H,44,45)/b34-24+. The molecule has 5 aromatic carbocycles. The van der Waals surface area contributed by atoms with E-state index in [4.69, 9.17) is 0 Å². The van der Waals surface area contributed by atoms with Crippen molar-refractivity contribution in [2.75, 3.05) is 4.90 Å². The third-order valence-electron chi connectivity index (χ3n) is 9.05. The van der Waals surface area contributed by atoms with Gasteiger partial charge in [0.05, 0.1) is 0 Å². The molecule has 7 rings (SSSR count). The number of aliphatic carboxylic acids is 1. The van der Waals surface area contributed by atoms with Crippen LogP contribution in [0, 0.1) is 11.3 Å². The van der Waals surface area contributed by atoms with Gasteiger partial charge in [-0.05, 0) is 93.8 Å². The lowest BCUT2D eigenvalue weighted by atomic mass is 9.95. The number of fused-ring (bicyclic) bond motifs is 3. The summed E-state index contributed by atoms with van der Waals surface area (Å²) in [4.78, 5) is 13.8. The molecular formula is C41H32N2O2. The Hall–Kier alpha value is -5.66. The van der Waals surface area contributed by atoms with Gasteiger partial charge in [-0.25, -0.2) is 4.79 Å². The zero-order valence-electron chi connectivity index (χ0n) is 24.8. The maximum atomic E-state index is 11.4. The average molecular weight is 585 g/mol. The SMILES string of the molecule is N#C/C(=C\c1ccc2c(c1)C1CCCC1N2c1ccc(-c2ccc(C=C(c3ccccc3)c3ccccc3)cc2)cc1)C(=O)O. The summed E-state index contributed by atoms with van der Waals surface area (Å²) in [5, 5.41) is 18.5. The fourth-order valence-corrected chi connectivity index (χ4v) is 6.93. The highest BCUT2D eigenvalue weighted by Crippen LogP contribution is 2.52. The molecule has 0 spiro atoms. The molecule has 0 saturated heterocycles. The molecule has 5 aromatic rings. The molecule has 1 heterocycles. The number of carboxylic acid groups (broad SMARTS) is 1. The van der Waals surface area contributed by atoms with Gasteiger partial charge in [0.15, 0.2) is 0 Å². The monoisotopic (exact) mass is 584 g/mol. The Morgan fingerprint density at radius 1 is 0.733 bits per heavy atom. The number of anilines is 2. The molecule has 1 fully saturated rings. The van der Waals surface area contributed by atoms with Crippen LogP contribution in [0.5, 0.6) is 0 Å². The number of carboxylic acids is 1. The van der Waals surface area contributed by atoms with Crippen molar-refractivity contribution in [1.82, 2.24) is 0 Å². The summed E-state index contributed by atoms with van der Waals surface area (Å²) in [5.74, 6) is -0.797. The van der Waals surface area contributed by atoms with Crippen molar-refractivity contribution in [2.24, 2.45) is 0 Å². The molecule has 4 nitrogen and oxygen atoms in total. The van der Waals surface area contributed by atoms with E-state index in [1.165, 1.54) is 51.6 Å². The van der Waals surface area contributed by atoms with Crippen molar-refractivity contribution in [3.05, 3.63) is 161 Å². The molecule has 2 aliphatic rings. The largest absolute Gasteiger partial charge is 0.477 e. The highest BCUT2D eigenvalue weighted by molar-refractivity contribution is 5.96. The molecule has 0 bridgehead atoms. The maximum Gasteiger partial charge on any atom is 0.346 e. The first-order chi connectivity index (χ1) is 22.1. The Balaban J connectivity index is 1.15. The molecule has 0 radical (unpaired) electrons. The highest BCUT2D eigenvalue weighted by atomic mass is 16.4. The van der Waals surface area contributed by atoms with Gasteiger partial charge in [-0.15, -0.1) is 0 Å². The van der Waals surface area contributed by atoms with Gasteiger partial charge in [0.25, 0.3) is 0 Å². The predicted octanol–water partition coefficient (Wildman–Crippen LogP) is 9.72. The van der Waals surface area contributed by atoms with Crippen LogP contribution in [0.3, 0.4) is 0 Å². The Labute approximate surface area is 263 Å². The number of hydrogen-bond acceptors (Lipinski definition) is 3. The minimum Gasteiger partial charge on any atom is -0.477 e. The molecule has 2 atom stereocenters. The molecule has 218 valence electrons. The van der Waals surface area contributed by atoms with Gasteiger partial charge < -0.3 is 10.0 Å². The molecule has 1 aliphatic carbocycles. The lowest BCUT2D eigenvalue weighted by Gasteiger charge is -2.27. The highest BCUT2D eigenvalue weighted by Gasteiger charge is 2.42. The van der Waals surface area contributed by atoms with Crippen molar-refractivity contribution in [1.29, 1.82) is 5.26 Å². The van der Waals surface area contributed by atoms with Crippen LogP contribution in [0.1, 0.15) is 53.0 Å². The van der Waals surface area contributed by atoms with E-state index in [-0.39, 0.29) is 5.57 Å². The number of hydrogen-bond donors (Lipinski definition) is 1. The summed E-state index contributed by atoms with van der Waals surface area (Å²) in [6.07, 6.45) is 7.12. The Kier molecular flexibility index (Phi) is 7.59. The molecule has 45 heavy (non-hydrogen) atoms. The molecule has 0 aromatic heterocycles. The summed E-state index contributed by atoms with van der Waals surface area (Å²) in [6.45, 7) is 0. The van der Waals surface area contributed by atoms with Gasteiger partial charge in [0.1, 0.15) is 11.6 Å². The van der Waals surface area contributed by atoms with Crippen LogP contribution in [0.2, 0.25) is 0 Å². The van der Waals surface area contributed by atoms with E-state index >= 15 is 0 Å². The lowest BCUT2D eigenvalue weighted by Crippen LogP contribution is -2.26. The number of rotatable bonds is 7. The fraction of sp³-hybridized carbons (Fsp3) is 0.122. The Bertz CT molecular complexity index is 1910. The molecule has 1 saturated carbocycles. The third-order valence-corrected chi connectivity index (χ3v) is 9.05. The Morgan fingerprint density at radius 2 is 1.33 bits per heavy atom. The summed E-state index contributed by atoms with van der Waals surface area (Å²) in [6, 6.07) is 46.8. The van der Waals surface area contributed by atoms with E-state index in [0.717, 1.165) is 29.7 Å². The normalized spacial score (nSPS) is 16.9. The second kappa shape index (κ2) is 12.1. The van der Waals surface area contributed by atoms with Gasteiger partial charge >= 0.3 is 5.97 Å². The van der Waals surface area contributed by atoms with E-state index in [0.29, 0.717) is 12.0 Å². The van der Waals surface area contributed by atoms with Crippen LogP contribution in [0.15, 0.2) is 133 Å². The average Bonchev–Trinajstić information content (AvgIpc) is 3.68. The predicted molar refractivity (Wildman–Crippen MR) is 182 cm³/mol. The first-order valence-corrected chi connectivity index (χ1v) is 15.4. The number of nitriles is 1. The van der Waals surface area contributed by atoms with E-state index in [2.05, 4.69) is 120 Å². The fourth-order valence-electron chi connectivity index (χ4n) is 6.93. The first kappa shape index (κ1) is 28.1. The quantitative estimate of drug-likeness (QED) is 0.117. The lowest BCUT2D eigenvalue weighted by molar-refractivity contribution is -0.132. The van der Waals surface area contributed by atoms with Gasteiger partial charge in [-0.3, -0.25) is 0 Å². The second-order valence-electron chi connectivity index (χ2n) is 11.7. The van der Waals surface area contributed by atoms with Crippen LogP contribution < -0.4 is 4.90 Å². The maximum absolute atomic E-state index is 11.4. The van der Waals surface area contributed by atoms with Crippen molar-refractivity contribution in [3.8, 4) is 17.2 Å². The molecule has 2 unspecified atom stereocenters. The van der Waals surface area contributed by atoms with E-state index in [1.54, 1.807) is 6.07 Å². The topological polar surface area (TPSA) is 64.3 Å². The number of benzene rings is 5. The van der Waals surface area contributed by atoms with Crippen molar-refractivity contribution in [2.45, 2.75) is 31.2 Å². The van der Waals surface area contributed by atoms with Crippen molar-refractivity contribution in [3.63, 3.8) is 0 Å². The van der Waals surface area contributed by atoms with Crippen LogP contribution in [-0.2, 0) is 4.79 Å². The summed E-state index contributed by atoms with van der Waals surface area (Å²) >= 11 is 0. The molecule has 4 heteroatoms. The van der Waals surface area contributed by atoms with Crippen LogP contribution in [0.25, 0.3) is 28.9 Å². The van der Waals surface area contributed by atoms with Crippen molar-refractivity contribution < 1.29 is 9.90 Å². The molecular weight excluding hydrogens is 552 g/mol. The van der Waals surface area contributed by atoms with Crippen LogP contribution in [-0.4, -0.2) is 17.1 Å². The van der Waals surface area contributed by atoms with Gasteiger partial charge in [-0.2, -0.15) is 5.26 Å². The van der Waals surface area contributed by atoms with E-state index in [1.807, 2.05) is 18.2 Å². The third kappa shape index (κ3) is 5.57. The van der Waals surface area contributed by atoms with Crippen molar-refractivity contribution >= 4 is 35.1 Å². The summed E-state index contributed by atoms with van der Waals surface area (Å²) < 4.78 is 0. The van der Waals surface area contributed by atoms with Crippen LogP contribution >= 0.6 is 0 Å². The van der Waals surface area contributed by atoms with Gasteiger partial charge in [0, 0.05) is 23.3 Å². The van der Waals surface area contributed by atoms with E-state index in [9.17, 15) is 15.2 Å². The number of nitrogens with zero attached hydrogens (tertiary/aromatic N) is 2. The second-order valence-corrected chi connectivity index (χ2v) is 11.7. The minimum absolute atomic E-state index is 0.250. The minimum atomic E-state index is -1.20. The van der Waals surface area contributed by atoms with Crippen LogP contribution in [0.4, 0.5) is 11.4 Å². The van der Waals surface area contributed by atoms with E-state index < -0.39 is 5.97 Å². The molecule has 1 aliphatic heterocycles. The molecule has 1 N–H and O–H groups in total. The smallest absolute Gasteiger partial charge is 0.346 e. The molecule has 0 amide bonds.